The minimum atomic E-state index is -0.692. The molecule has 1 aliphatic rings. The van der Waals surface area contributed by atoms with Gasteiger partial charge < -0.3 is 10.2 Å². The molecule has 0 radical (unpaired) electrons. The number of aliphatic hydroxyl groups is 1. The molecule has 0 fully saturated rings. The highest BCUT2D eigenvalue weighted by Gasteiger charge is 2.21. The molecule has 0 amide bonds. The first-order valence-electron chi connectivity index (χ1n) is 8.55. The van der Waals surface area contributed by atoms with Crippen molar-refractivity contribution < 1.29 is 10.2 Å². The zero-order valence-electron chi connectivity index (χ0n) is 15.0. The van der Waals surface area contributed by atoms with Gasteiger partial charge in [0.15, 0.2) is 0 Å². The third-order valence-electron chi connectivity index (χ3n) is 4.19. The number of allylic oxidation sites excluding steroid dienone is 2. The molecule has 0 heterocycles. The van der Waals surface area contributed by atoms with Crippen molar-refractivity contribution in [1.82, 2.24) is 0 Å². The zero-order valence-corrected chi connectivity index (χ0v) is 16.6. The Morgan fingerprint density at radius 2 is 1.73 bits per heavy atom. The van der Waals surface area contributed by atoms with Crippen molar-refractivity contribution in [3.63, 3.8) is 0 Å². The van der Waals surface area contributed by atoms with Gasteiger partial charge in [-0.1, -0.05) is 65.2 Å². The van der Waals surface area contributed by atoms with Crippen LogP contribution in [0.15, 0.2) is 71.3 Å². The highest BCUT2D eigenvalue weighted by Crippen LogP contribution is 2.27. The predicted molar refractivity (Wildman–Crippen MR) is 110 cm³/mol. The summed E-state index contributed by atoms with van der Waals surface area (Å²) in [5.74, 6) is 0.320. The molecule has 0 aliphatic heterocycles. The quantitative estimate of drug-likeness (QED) is 0.670. The van der Waals surface area contributed by atoms with Crippen LogP contribution in [-0.2, 0) is 12.8 Å². The van der Waals surface area contributed by atoms with E-state index in [-0.39, 0.29) is 0 Å². The van der Waals surface area contributed by atoms with Crippen molar-refractivity contribution in [2.24, 2.45) is 0 Å². The molecule has 0 saturated heterocycles. The van der Waals surface area contributed by atoms with Crippen molar-refractivity contribution in [3.8, 4) is 5.75 Å². The first-order valence-corrected chi connectivity index (χ1v) is 9.30. The number of halogens is 2. The molecule has 26 heavy (non-hydrogen) atoms. The Hall–Kier alpha value is -1.74. The largest absolute Gasteiger partial charge is 0.508 e. The van der Waals surface area contributed by atoms with E-state index < -0.39 is 5.60 Å². The molecule has 0 spiro atoms. The van der Waals surface area contributed by atoms with Gasteiger partial charge in [-0.2, -0.15) is 0 Å². The predicted octanol–water partition coefficient (Wildman–Crippen LogP) is 6.04. The lowest BCUT2D eigenvalue weighted by Gasteiger charge is -2.23. The van der Waals surface area contributed by atoms with Crippen molar-refractivity contribution in [2.75, 3.05) is 0 Å². The molecule has 2 aromatic carbocycles. The summed E-state index contributed by atoms with van der Waals surface area (Å²) in [6.45, 7) is 3.70. The van der Waals surface area contributed by atoms with E-state index in [9.17, 15) is 10.2 Å². The SMILES string of the molecule is CC1=C(Cl)C=CC(C)(O)C1.Oc1ccc(Cl)cc1CCc1ccccc1. The van der Waals surface area contributed by atoms with E-state index >= 15 is 0 Å². The molecule has 0 aromatic heterocycles. The van der Waals surface area contributed by atoms with E-state index in [0.717, 1.165) is 29.0 Å². The fraction of sp³-hybridized carbons (Fsp3) is 0.273. The normalized spacial score (nSPS) is 19.1. The van der Waals surface area contributed by atoms with Gasteiger partial charge in [0.25, 0.3) is 0 Å². The fourth-order valence-corrected chi connectivity index (χ4v) is 3.08. The van der Waals surface area contributed by atoms with Gasteiger partial charge in [-0.3, -0.25) is 0 Å². The van der Waals surface area contributed by atoms with Gasteiger partial charge in [-0.25, -0.2) is 0 Å². The van der Waals surface area contributed by atoms with Crippen LogP contribution in [0, 0.1) is 0 Å². The molecule has 1 aliphatic carbocycles. The van der Waals surface area contributed by atoms with E-state index in [0.29, 0.717) is 17.2 Å². The Morgan fingerprint density at radius 3 is 2.35 bits per heavy atom. The summed E-state index contributed by atoms with van der Waals surface area (Å²) in [6, 6.07) is 15.4. The number of benzene rings is 2. The molecule has 2 N–H and O–H groups in total. The van der Waals surface area contributed by atoms with Gasteiger partial charge in [0, 0.05) is 16.5 Å². The molecule has 1 atom stereocenters. The van der Waals surface area contributed by atoms with Crippen LogP contribution in [0.25, 0.3) is 0 Å². The summed E-state index contributed by atoms with van der Waals surface area (Å²) in [6.07, 6.45) is 5.83. The monoisotopic (exact) mass is 390 g/mol. The molecule has 0 bridgehead atoms. The summed E-state index contributed by atoms with van der Waals surface area (Å²) < 4.78 is 0. The minimum Gasteiger partial charge on any atom is -0.508 e. The average Bonchev–Trinajstić information content (AvgIpc) is 2.60. The standard InChI is InChI=1S/C14H13ClO.C8H11ClO/c15-13-8-9-14(16)12(10-13)7-6-11-4-2-1-3-5-11;1-6-5-8(2,10)4-3-7(6)9/h1-5,8-10,16H,6-7H2;3-4,10H,5H2,1-2H3. The van der Waals surface area contributed by atoms with Gasteiger partial charge in [0.1, 0.15) is 5.75 Å². The highest BCUT2D eigenvalue weighted by molar-refractivity contribution is 6.31. The van der Waals surface area contributed by atoms with Crippen molar-refractivity contribution in [3.05, 3.63) is 87.4 Å². The molecular weight excluding hydrogens is 367 g/mol. The van der Waals surface area contributed by atoms with Gasteiger partial charge in [-0.15, -0.1) is 0 Å². The van der Waals surface area contributed by atoms with Gasteiger partial charge in [0.2, 0.25) is 0 Å². The Bertz CT molecular complexity index is 793. The Morgan fingerprint density at radius 1 is 1.04 bits per heavy atom. The molecule has 1 unspecified atom stereocenters. The second-order valence-electron chi connectivity index (χ2n) is 6.75. The van der Waals surface area contributed by atoms with E-state index in [1.807, 2.05) is 31.2 Å². The van der Waals surface area contributed by atoms with Gasteiger partial charge in [0.05, 0.1) is 5.60 Å². The maximum atomic E-state index is 9.65. The maximum absolute atomic E-state index is 9.65. The van der Waals surface area contributed by atoms with Crippen molar-refractivity contribution in [2.45, 2.75) is 38.7 Å². The highest BCUT2D eigenvalue weighted by atomic mass is 35.5. The topological polar surface area (TPSA) is 40.5 Å². The lowest BCUT2D eigenvalue weighted by Crippen LogP contribution is -2.23. The number of phenolic OH excluding ortho intramolecular Hbond substituents is 1. The van der Waals surface area contributed by atoms with Crippen LogP contribution >= 0.6 is 23.2 Å². The lowest BCUT2D eigenvalue weighted by molar-refractivity contribution is 0.110. The van der Waals surface area contributed by atoms with Crippen LogP contribution in [0.2, 0.25) is 5.02 Å². The Labute approximate surface area is 165 Å². The average molecular weight is 391 g/mol. The van der Waals surface area contributed by atoms with E-state index in [1.54, 1.807) is 31.2 Å². The van der Waals surface area contributed by atoms with Crippen molar-refractivity contribution >= 4 is 23.2 Å². The van der Waals surface area contributed by atoms with E-state index in [4.69, 9.17) is 23.2 Å². The molecular formula is C22H24Cl2O2. The number of aromatic hydroxyl groups is 1. The van der Waals surface area contributed by atoms with Gasteiger partial charge >= 0.3 is 0 Å². The molecule has 2 aromatic rings. The smallest absolute Gasteiger partial charge is 0.118 e. The molecule has 3 rings (SSSR count). The summed E-state index contributed by atoms with van der Waals surface area (Å²) in [5.41, 5.74) is 2.52. The summed E-state index contributed by atoms with van der Waals surface area (Å²) in [5, 5.41) is 20.6. The summed E-state index contributed by atoms with van der Waals surface area (Å²) in [7, 11) is 0. The van der Waals surface area contributed by atoms with Crippen LogP contribution in [0.4, 0.5) is 0 Å². The zero-order chi connectivity index (χ0) is 19.2. The number of aryl methyl sites for hydroxylation is 2. The van der Waals surface area contributed by atoms with Crippen LogP contribution in [0.3, 0.4) is 0 Å². The van der Waals surface area contributed by atoms with Gasteiger partial charge in [-0.05, 0) is 62.1 Å². The third kappa shape index (κ3) is 6.53. The second-order valence-corrected chi connectivity index (χ2v) is 7.60. The summed E-state index contributed by atoms with van der Waals surface area (Å²) in [4.78, 5) is 0. The minimum absolute atomic E-state index is 0.320. The number of hydrogen-bond donors (Lipinski definition) is 2. The molecule has 4 heteroatoms. The second kappa shape index (κ2) is 9.27. The molecule has 0 saturated carbocycles. The van der Waals surface area contributed by atoms with Crippen LogP contribution in [-0.4, -0.2) is 15.8 Å². The first kappa shape index (κ1) is 20.6. The molecule has 138 valence electrons. The van der Waals surface area contributed by atoms with Crippen LogP contribution in [0.1, 0.15) is 31.4 Å². The van der Waals surface area contributed by atoms with E-state index in [1.165, 1.54) is 5.56 Å². The number of rotatable bonds is 3. The van der Waals surface area contributed by atoms with E-state index in [2.05, 4.69) is 12.1 Å². The maximum Gasteiger partial charge on any atom is 0.118 e. The Balaban J connectivity index is 0.000000209. The fourth-order valence-electron chi connectivity index (χ4n) is 2.75. The third-order valence-corrected chi connectivity index (χ3v) is 4.87. The lowest BCUT2D eigenvalue weighted by atomic mass is 9.93. The molecule has 2 nitrogen and oxygen atoms in total. The number of phenols is 1. The van der Waals surface area contributed by atoms with Crippen molar-refractivity contribution in [1.29, 1.82) is 0 Å². The summed E-state index contributed by atoms with van der Waals surface area (Å²) >= 11 is 11.7. The first-order chi connectivity index (χ1) is 12.3. The van der Waals surface area contributed by atoms with Crippen LogP contribution < -0.4 is 0 Å². The van der Waals surface area contributed by atoms with Crippen LogP contribution in [0.5, 0.6) is 5.75 Å². The number of hydrogen-bond acceptors (Lipinski definition) is 2. The Kier molecular flexibility index (Phi) is 7.33.